The molecule has 0 bridgehead atoms. The van der Waals surface area contributed by atoms with E-state index >= 15 is 0 Å². The number of amides is 1. The zero-order valence-corrected chi connectivity index (χ0v) is 11.2. The number of carbonyl (C=O) groups is 2. The Kier molecular flexibility index (Phi) is 4.10. The summed E-state index contributed by atoms with van der Waals surface area (Å²) in [6.45, 7) is 1.25. The number of nitrogens with zero attached hydrogens (tertiary/aromatic N) is 1. The van der Waals surface area contributed by atoms with E-state index in [1.807, 2.05) is 0 Å². The topological polar surface area (TPSA) is 59.1 Å². The molecule has 4 nitrogen and oxygen atoms in total. The van der Waals surface area contributed by atoms with Crippen molar-refractivity contribution in [3.63, 3.8) is 0 Å². The average Bonchev–Trinajstić information content (AvgIpc) is 2.41. The molecule has 6 heteroatoms. The zero-order valence-electron chi connectivity index (χ0n) is 10.5. The number of aromatic nitrogens is 1. The maximum absolute atomic E-state index is 13.4. The molecule has 0 unspecified atom stereocenters. The number of Topliss-reactive ketones (excluding diaryl/α,β-unsaturated/α-hetero) is 1. The van der Waals surface area contributed by atoms with E-state index in [0.717, 1.165) is 6.07 Å². The Balaban J connectivity index is 2.21. The fourth-order valence-corrected chi connectivity index (χ4v) is 1.69. The van der Waals surface area contributed by atoms with Crippen molar-refractivity contribution in [3.8, 4) is 0 Å². The summed E-state index contributed by atoms with van der Waals surface area (Å²) in [4.78, 5) is 27.0. The summed E-state index contributed by atoms with van der Waals surface area (Å²) < 4.78 is 13.4. The van der Waals surface area contributed by atoms with Crippen molar-refractivity contribution in [2.75, 3.05) is 5.32 Å². The van der Waals surface area contributed by atoms with Gasteiger partial charge in [0.05, 0.1) is 10.6 Å². The van der Waals surface area contributed by atoms with Gasteiger partial charge in [-0.1, -0.05) is 11.6 Å². The van der Waals surface area contributed by atoms with Crippen molar-refractivity contribution < 1.29 is 14.0 Å². The lowest BCUT2D eigenvalue weighted by Gasteiger charge is -2.06. The number of hydrogen-bond acceptors (Lipinski definition) is 3. The molecule has 1 amide bonds. The Labute approximate surface area is 119 Å². The Morgan fingerprint density at radius 1 is 1.25 bits per heavy atom. The second-order valence-corrected chi connectivity index (χ2v) is 4.50. The first-order chi connectivity index (χ1) is 9.47. The van der Waals surface area contributed by atoms with Crippen LogP contribution in [0.4, 0.5) is 10.1 Å². The minimum atomic E-state index is -0.625. The first-order valence-electron chi connectivity index (χ1n) is 5.71. The van der Waals surface area contributed by atoms with Crippen LogP contribution in [0.2, 0.25) is 5.02 Å². The highest BCUT2D eigenvalue weighted by molar-refractivity contribution is 6.30. The lowest BCUT2D eigenvalue weighted by Crippen LogP contribution is -2.14. The second kappa shape index (κ2) is 5.79. The molecule has 0 saturated carbocycles. The first-order valence-corrected chi connectivity index (χ1v) is 6.08. The largest absolute Gasteiger partial charge is 0.321 e. The molecule has 0 fully saturated rings. The highest BCUT2D eigenvalue weighted by atomic mass is 35.5. The minimum Gasteiger partial charge on any atom is -0.321 e. The molecule has 0 aliphatic rings. The van der Waals surface area contributed by atoms with Crippen LogP contribution in [0.3, 0.4) is 0 Å². The number of rotatable bonds is 3. The summed E-state index contributed by atoms with van der Waals surface area (Å²) in [7, 11) is 0. The van der Waals surface area contributed by atoms with E-state index in [4.69, 9.17) is 11.6 Å². The molecule has 1 aromatic heterocycles. The lowest BCUT2D eigenvalue weighted by atomic mass is 10.1. The minimum absolute atomic E-state index is 0.0770. The fourth-order valence-electron chi connectivity index (χ4n) is 1.58. The molecule has 1 heterocycles. The van der Waals surface area contributed by atoms with Crippen LogP contribution < -0.4 is 5.32 Å². The number of nitrogens with one attached hydrogen (secondary N) is 1. The zero-order chi connectivity index (χ0) is 14.7. The molecule has 0 saturated heterocycles. The Bertz CT molecular complexity index is 671. The molecule has 0 atom stereocenters. The van der Waals surface area contributed by atoms with Gasteiger partial charge in [-0.3, -0.25) is 9.59 Å². The molecule has 0 aliphatic heterocycles. The van der Waals surface area contributed by atoms with Crippen LogP contribution in [0.15, 0.2) is 36.5 Å². The number of hydrogen-bond donors (Lipinski definition) is 1. The number of halogens is 2. The monoisotopic (exact) mass is 292 g/mol. The number of ketones is 1. The fraction of sp³-hybridized carbons (Fsp3) is 0.0714. The maximum atomic E-state index is 13.4. The third-order valence-electron chi connectivity index (χ3n) is 2.56. The van der Waals surface area contributed by atoms with Crippen LogP contribution in [0.1, 0.15) is 27.8 Å². The van der Waals surface area contributed by atoms with Crippen molar-refractivity contribution >= 4 is 29.0 Å². The molecule has 20 heavy (non-hydrogen) atoms. The summed E-state index contributed by atoms with van der Waals surface area (Å²) in [6, 6.07) is 6.78. The van der Waals surface area contributed by atoms with Crippen molar-refractivity contribution in [1.82, 2.24) is 4.98 Å². The summed E-state index contributed by atoms with van der Waals surface area (Å²) >= 11 is 5.68. The Morgan fingerprint density at radius 2 is 2.00 bits per heavy atom. The number of pyridine rings is 1. The van der Waals surface area contributed by atoms with Gasteiger partial charge in [0.25, 0.3) is 5.91 Å². The van der Waals surface area contributed by atoms with E-state index in [1.54, 1.807) is 0 Å². The lowest BCUT2D eigenvalue weighted by molar-refractivity contribution is 0.100. The van der Waals surface area contributed by atoms with Gasteiger partial charge in [0.1, 0.15) is 11.5 Å². The van der Waals surface area contributed by atoms with E-state index in [-0.39, 0.29) is 11.3 Å². The number of carbonyl (C=O) groups excluding carboxylic acids is 2. The van der Waals surface area contributed by atoms with Gasteiger partial charge in [-0.15, -0.1) is 0 Å². The third-order valence-corrected chi connectivity index (χ3v) is 2.79. The van der Waals surface area contributed by atoms with Gasteiger partial charge in [0, 0.05) is 11.9 Å². The Hall–Kier alpha value is -2.27. The second-order valence-electron chi connectivity index (χ2n) is 4.07. The summed E-state index contributed by atoms with van der Waals surface area (Å²) in [5.74, 6) is -1.51. The molecule has 0 spiro atoms. The van der Waals surface area contributed by atoms with Crippen molar-refractivity contribution in [2.45, 2.75) is 6.92 Å². The Morgan fingerprint density at radius 3 is 2.60 bits per heavy atom. The van der Waals surface area contributed by atoms with E-state index in [9.17, 15) is 14.0 Å². The molecule has 1 aromatic carbocycles. The molecule has 0 radical (unpaired) electrons. The first kappa shape index (κ1) is 14.1. The van der Waals surface area contributed by atoms with Crippen LogP contribution in [0.25, 0.3) is 0 Å². The van der Waals surface area contributed by atoms with Crippen molar-refractivity contribution in [3.05, 3.63) is 58.6 Å². The van der Waals surface area contributed by atoms with E-state index in [0.29, 0.717) is 10.7 Å². The van der Waals surface area contributed by atoms with Crippen molar-refractivity contribution in [2.24, 2.45) is 0 Å². The molecule has 2 aromatic rings. The van der Waals surface area contributed by atoms with Gasteiger partial charge in [-0.2, -0.15) is 0 Å². The molecule has 0 aliphatic carbocycles. The number of anilines is 1. The van der Waals surface area contributed by atoms with Gasteiger partial charge in [0.15, 0.2) is 5.78 Å². The standard InChI is InChI=1S/C14H10ClFN2O2/c1-8(19)11-6-10(3-4-12(11)16)18-14(20)13-5-2-9(15)7-17-13/h2-7H,1H3,(H,18,20). The third kappa shape index (κ3) is 3.19. The van der Waals surface area contributed by atoms with E-state index < -0.39 is 17.5 Å². The highest BCUT2D eigenvalue weighted by Gasteiger charge is 2.11. The maximum Gasteiger partial charge on any atom is 0.274 e. The van der Waals surface area contributed by atoms with Gasteiger partial charge in [0.2, 0.25) is 0 Å². The van der Waals surface area contributed by atoms with Gasteiger partial charge < -0.3 is 5.32 Å². The molecular weight excluding hydrogens is 283 g/mol. The van der Waals surface area contributed by atoms with E-state index in [1.165, 1.54) is 37.4 Å². The molecule has 1 N–H and O–H groups in total. The normalized spacial score (nSPS) is 10.2. The van der Waals surface area contributed by atoms with E-state index in [2.05, 4.69) is 10.3 Å². The SMILES string of the molecule is CC(=O)c1cc(NC(=O)c2ccc(Cl)cn2)ccc1F. The van der Waals surface area contributed by atoms with Crippen LogP contribution >= 0.6 is 11.6 Å². The van der Waals surface area contributed by atoms with Crippen LogP contribution in [-0.4, -0.2) is 16.7 Å². The van der Waals surface area contributed by atoms with Crippen LogP contribution in [0.5, 0.6) is 0 Å². The molecule has 2 rings (SSSR count). The van der Waals surface area contributed by atoms with Gasteiger partial charge in [-0.25, -0.2) is 9.37 Å². The van der Waals surface area contributed by atoms with Crippen LogP contribution in [0, 0.1) is 5.82 Å². The average molecular weight is 293 g/mol. The number of benzene rings is 1. The smallest absolute Gasteiger partial charge is 0.274 e. The van der Waals surface area contributed by atoms with Gasteiger partial charge >= 0.3 is 0 Å². The summed E-state index contributed by atoms with van der Waals surface area (Å²) in [6.07, 6.45) is 1.35. The molecular formula is C14H10ClFN2O2. The van der Waals surface area contributed by atoms with Gasteiger partial charge in [-0.05, 0) is 37.3 Å². The summed E-state index contributed by atoms with van der Waals surface area (Å²) in [5.41, 5.74) is 0.410. The van der Waals surface area contributed by atoms with Crippen molar-refractivity contribution in [1.29, 1.82) is 0 Å². The quantitative estimate of drug-likeness (QED) is 0.883. The summed E-state index contributed by atoms with van der Waals surface area (Å²) in [5, 5.41) is 2.96. The predicted octanol–water partition coefficient (Wildman–Crippen LogP) is 3.33. The van der Waals surface area contributed by atoms with Crippen LogP contribution in [-0.2, 0) is 0 Å². The predicted molar refractivity (Wildman–Crippen MR) is 73.6 cm³/mol. The highest BCUT2D eigenvalue weighted by Crippen LogP contribution is 2.16. The molecule has 102 valence electrons.